The molecular weight excluding hydrogens is 1720 g/mol. The summed E-state index contributed by atoms with van der Waals surface area (Å²) in [5.74, 6) is 6.57. The van der Waals surface area contributed by atoms with Crippen LogP contribution in [0.3, 0.4) is 0 Å². The molecule has 0 spiro atoms. The number of aromatic nitrogens is 9. The number of carbonyl (C=O) groups is 10. The Hall–Kier alpha value is -13.3. The molecule has 0 aliphatic rings. The van der Waals surface area contributed by atoms with E-state index < -0.39 is 28.1 Å². The smallest absolute Gasteiger partial charge is 0.407 e. The standard InChI is InChI=1S/2C17H18N4O4.C16H20ClNO4.C11H15N3O3.C10H7NO3.C7H13N3O.C4H9NO2.C3H4Cl2O/c2*1-11(23-2)17-20-19-15(24-17)8-9-18-16(22)13-10-14(25-21-13)12-6-4-3-5-7-12;1-12(17)16(21)18-10-14(19)8-5-9-15(20)22-11-13-6-3-2-4-7-13;12-14-10(15)6-7-13-11(16)17-8-9-4-2-1-3-5-9;12-10(13)8-6-9(14-11-8)7-4-2-1-3-5-7;1-5(2)7-10-9-6(11-7)3-4-8;1-7-4(6)2-3-5;1-2(4)3(5)6/h2*3-7,10-11H,8-9H2,1-2H3,(H,18,22);2-4,6-7,12H,5,8-11H2,1H3,(H,18,21);1-5H,6-8,12H2,(H,13,16)(H,14,15);1-6H,(H,12,13);5H,3-4,8H2,1-2H3;2-3,5H2,1H3;2H,1H3/t2*11-;;;;;;/m10....../s1. The van der Waals surface area contributed by atoms with E-state index in [0.29, 0.717) is 117 Å². The molecule has 0 bridgehead atoms. The molecule has 127 heavy (non-hydrogen) atoms. The lowest BCUT2D eigenvalue weighted by atomic mass is 10.1. The molecule has 0 fully saturated rings. The predicted molar refractivity (Wildman–Crippen MR) is 462 cm³/mol. The molecule has 0 saturated carbocycles. The minimum absolute atomic E-state index is 0.0606. The summed E-state index contributed by atoms with van der Waals surface area (Å²) < 4.78 is 56.0. The Balaban J connectivity index is 0.000000315. The van der Waals surface area contributed by atoms with Crippen molar-refractivity contribution in [3.05, 3.63) is 233 Å². The molecule has 0 aliphatic heterocycles. The van der Waals surface area contributed by atoms with Crippen LogP contribution in [0.5, 0.6) is 0 Å². The number of amides is 5. The fraction of sp³-hybridized carbons (Fsp3) is 0.353. The largest absolute Gasteiger partial charge is 0.476 e. The number of carboxylic acids is 1. The number of esters is 2. The number of rotatable bonds is 36. The molecule has 4 atom stereocenters. The fourth-order valence-electron chi connectivity index (χ4n) is 9.09. The van der Waals surface area contributed by atoms with Crippen LogP contribution in [0.15, 0.2) is 197 Å². The maximum atomic E-state index is 12.1. The number of nitrogens with two attached hydrogens (primary N) is 3. The van der Waals surface area contributed by atoms with Gasteiger partial charge in [0.2, 0.25) is 52.4 Å². The second-order valence-corrected chi connectivity index (χ2v) is 28.1. The molecule has 6 heterocycles. The van der Waals surface area contributed by atoms with Gasteiger partial charge in [-0.25, -0.2) is 15.4 Å². The van der Waals surface area contributed by atoms with Crippen molar-refractivity contribution in [3.8, 4) is 34.0 Å². The number of carbonyl (C=O) groups excluding carboxylic acids is 9. The molecule has 682 valence electrons. The summed E-state index contributed by atoms with van der Waals surface area (Å²) in [6.07, 6.45) is 1.65. The Morgan fingerprint density at radius 1 is 0.457 bits per heavy atom. The van der Waals surface area contributed by atoms with Gasteiger partial charge >= 0.3 is 24.0 Å². The SMILES string of the molecule is CC(C)c1nnc(CCN)o1.CC(Cl)C(=O)Cl.CC(Cl)C(=O)NCC(=O)CCCC(=O)OCc1ccccc1.COC(=O)CCN.CO[C@@H](C)c1nnc(CCNC(=O)c2cc(-c3ccccc3)on2)o1.CO[C@H](C)c1nnc(CCNC(=O)c2cc(-c3ccccc3)on2)o1.NNC(=O)CCNC(=O)OCc1ccccc1.O=C(O)c1cc(-c2ccccc2)on1. The minimum atomic E-state index is -1.09. The van der Waals surface area contributed by atoms with E-state index in [1.165, 1.54) is 27.0 Å². The molecule has 5 aromatic carbocycles. The molecule has 42 heteroatoms. The van der Waals surface area contributed by atoms with E-state index in [0.717, 1.165) is 27.8 Å². The average molecular weight is 1820 g/mol. The quantitative estimate of drug-likeness (QED) is 0.00335. The number of alkyl carbamates (subject to hydrolysis) is 1. The maximum Gasteiger partial charge on any atom is 0.407 e. The normalized spacial score (nSPS) is 11.2. The van der Waals surface area contributed by atoms with E-state index in [2.05, 4.69) is 72.1 Å². The van der Waals surface area contributed by atoms with E-state index in [1.807, 2.05) is 185 Å². The number of carboxylic acid groups (broad SMARTS) is 1. The van der Waals surface area contributed by atoms with Gasteiger partial charge in [0.15, 0.2) is 40.1 Å². The first-order valence-electron chi connectivity index (χ1n) is 39.3. The molecule has 6 aromatic heterocycles. The number of hydrogen-bond acceptors (Lipinski definition) is 33. The van der Waals surface area contributed by atoms with Crippen LogP contribution in [0.4, 0.5) is 4.79 Å². The first kappa shape index (κ1) is 106. The van der Waals surface area contributed by atoms with Gasteiger partial charge < -0.3 is 88.3 Å². The number of Topliss-reactive ketones (excluding diaryl/α,β-unsaturated/α-hetero) is 1. The molecule has 2 unspecified atom stereocenters. The van der Waals surface area contributed by atoms with Crippen LogP contribution in [0, 0.1) is 0 Å². The fourth-order valence-corrected chi connectivity index (χ4v) is 9.17. The number of alkyl halides is 2. The number of nitrogens with one attached hydrogen (secondary N) is 5. The number of hydrazine groups is 1. The number of ether oxygens (including phenoxy) is 5. The number of hydrogen-bond donors (Lipinski definition) is 9. The van der Waals surface area contributed by atoms with Gasteiger partial charge in [0.25, 0.3) is 11.8 Å². The third-order valence-corrected chi connectivity index (χ3v) is 17.0. The molecular formula is C85H104Cl3N17O22. The molecule has 11 aromatic rings. The molecule has 11 rings (SSSR count). The van der Waals surface area contributed by atoms with Crippen molar-refractivity contribution in [2.45, 2.75) is 135 Å². The Bertz CT molecular complexity index is 4880. The second kappa shape index (κ2) is 61.1. The number of aromatic carboxylic acids is 1. The van der Waals surface area contributed by atoms with Crippen LogP contribution in [0.1, 0.15) is 170 Å². The minimum Gasteiger partial charge on any atom is -0.476 e. The summed E-state index contributed by atoms with van der Waals surface area (Å²) in [6.45, 7) is 12.9. The summed E-state index contributed by atoms with van der Waals surface area (Å²) in [4.78, 5) is 111. The summed E-state index contributed by atoms with van der Waals surface area (Å²) in [5, 5.41) is 51.6. The third kappa shape index (κ3) is 43.8. The van der Waals surface area contributed by atoms with Gasteiger partial charge in [-0.3, -0.25) is 43.8 Å². The molecule has 5 amide bonds. The van der Waals surface area contributed by atoms with Gasteiger partial charge in [0.1, 0.15) is 36.2 Å². The van der Waals surface area contributed by atoms with E-state index in [-0.39, 0.29) is 116 Å². The summed E-state index contributed by atoms with van der Waals surface area (Å²) in [7, 11) is 4.48. The lowest BCUT2D eigenvalue weighted by Crippen LogP contribution is -2.34. The third-order valence-electron chi connectivity index (χ3n) is 16.1. The highest BCUT2D eigenvalue weighted by Gasteiger charge is 2.20. The van der Waals surface area contributed by atoms with E-state index in [9.17, 15) is 47.9 Å². The van der Waals surface area contributed by atoms with E-state index in [4.69, 9.17) is 103 Å². The Morgan fingerprint density at radius 3 is 1.22 bits per heavy atom. The van der Waals surface area contributed by atoms with Crippen molar-refractivity contribution in [1.82, 2.24) is 72.8 Å². The summed E-state index contributed by atoms with van der Waals surface area (Å²) in [6, 6.07) is 51.4. The number of ketones is 1. The van der Waals surface area contributed by atoms with Crippen molar-refractivity contribution in [1.29, 1.82) is 0 Å². The highest BCUT2D eigenvalue weighted by Crippen LogP contribution is 2.24. The summed E-state index contributed by atoms with van der Waals surface area (Å²) in [5.41, 5.74) is 17.0. The zero-order valence-electron chi connectivity index (χ0n) is 71.3. The topological polar surface area (TPSA) is 570 Å². The van der Waals surface area contributed by atoms with Gasteiger partial charge in [-0.15, -0.1) is 53.8 Å². The average Bonchev–Trinajstić information content (AvgIpc) is 1.69. The van der Waals surface area contributed by atoms with Crippen molar-refractivity contribution >= 4 is 93.5 Å². The maximum absolute atomic E-state index is 12.1. The van der Waals surface area contributed by atoms with Crippen LogP contribution in [-0.2, 0) is 84.9 Å². The van der Waals surface area contributed by atoms with E-state index in [1.54, 1.807) is 26.4 Å². The Labute approximate surface area is 746 Å². The number of benzene rings is 5. The van der Waals surface area contributed by atoms with Crippen molar-refractivity contribution < 1.29 is 104 Å². The van der Waals surface area contributed by atoms with Gasteiger partial charge in [0.05, 0.1) is 20.1 Å². The van der Waals surface area contributed by atoms with Gasteiger partial charge in [-0.1, -0.05) is 181 Å². The molecule has 39 nitrogen and oxygen atoms in total. The first-order chi connectivity index (χ1) is 61.0. The van der Waals surface area contributed by atoms with Crippen LogP contribution in [0.2, 0.25) is 0 Å². The van der Waals surface area contributed by atoms with Gasteiger partial charge in [0, 0.05) is 126 Å². The molecule has 0 radical (unpaired) electrons. The number of nitrogens with zero attached hydrogens (tertiary/aromatic N) is 9. The zero-order valence-corrected chi connectivity index (χ0v) is 73.5. The Kier molecular flexibility index (Phi) is 51.0. The monoisotopic (exact) mass is 1820 g/mol. The lowest BCUT2D eigenvalue weighted by Gasteiger charge is -2.06. The van der Waals surface area contributed by atoms with Crippen molar-refractivity contribution in [2.75, 3.05) is 60.6 Å². The highest BCUT2D eigenvalue weighted by molar-refractivity contribution is 6.69. The van der Waals surface area contributed by atoms with Crippen molar-refractivity contribution in [2.24, 2.45) is 17.3 Å². The predicted octanol–water partition coefficient (Wildman–Crippen LogP) is 10.9. The van der Waals surface area contributed by atoms with Crippen LogP contribution in [-0.4, -0.2) is 181 Å². The zero-order chi connectivity index (χ0) is 93.3. The van der Waals surface area contributed by atoms with Crippen molar-refractivity contribution in [3.63, 3.8) is 0 Å². The lowest BCUT2D eigenvalue weighted by molar-refractivity contribution is -0.145. The second-order valence-electron chi connectivity index (χ2n) is 26.4. The molecule has 0 saturated heterocycles. The number of methoxy groups -OCH3 is 3. The Morgan fingerprint density at radius 2 is 0.858 bits per heavy atom. The van der Waals surface area contributed by atoms with Gasteiger partial charge in [-0.2, -0.15) is 0 Å². The van der Waals surface area contributed by atoms with Gasteiger partial charge in [-0.05, 0) is 56.8 Å². The van der Waals surface area contributed by atoms with E-state index >= 15 is 0 Å². The first-order valence-corrected chi connectivity index (χ1v) is 40.5. The van der Waals surface area contributed by atoms with Crippen LogP contribution >= 0.6 is 34.8 Å². The summed E-state index contributed by atoms with van der Waals surface area (Å²) >= 11 is 15.5. The van der Waals surface area contributed by atoms with Crippen LogP contribution in [0.25, 0.3) is 34.0 Å². The molecule has 0 aliphatic carbocycles. The van der Waals surface area contributed by atoms with Crippen LogP contribution < -0.4 is 44.0 Å². The molecule has 12 N–H and O–H groups in total. The highest BCUT2D eigenvalue weighted by atomic mass is 35.5. The number of halogens is 3.